The Morgan fingerprint density at radius 3 is 2.52 bits per heavy atom. The fourth-order valence-electron chi connectivity index (χ4n) is 3.70. The lowest BCUT2D eigenvalue weighted by molar-refractivity contribution is -0.147. The van der Waals surface area contributed by atoms with Crippen molar-refractivity contribution in [3.8, 4) is 11.5 Å². The molecule has 3 rings (SSSR count). The van der Waals surface area contributed by atoms with Crippen molar-refractivity contribution in [1.29, 1.82) is 0 Å². The van der Waals surface area contributed by atoms with Crippen molar-refractivity contribution in [2.75, 3.05) is 38.8 Å². The average Bonchev–Trinajstić information content (AvgIpc) is 3.24. The number of nitrogens with zero attached hydrogens (tertiary/aromatic N) is 2. The quantitative estimate of drug-likeness (QED) is 0.834. The minimum atomic E-state index is -0.915. The van der Waals surface area contributed by atoms with Crippen molar-refractivity contribution in [3.63, 3.8) is 0 Å². The second kappa shape index (κ2) is 7.09. The second-order valence-electron chi connectivity index (χ2n) is 7.32. The molecule has 27 heavy (non-hydrogen) atoms. The van der Waals surface area contributed by atoms with Crippen LogP contribution in [0.5, 0.6) is 11.5 Å². The van der Waals surface area contributed by atoms with Crippen molar-refractivity contribution in [1.82, 2.24) is 4.90 Å². The monoisotopic (exact) mass is 376 g/mol. The number of hydrogen-bond donors (Lipinski definition) is 1. The van der Waals surface area contributed by atoms with Crippen molar-refractivity contribution >= 4 is 23.5 Å². The predicted molar refractivity (Wildman–Crippen MR) is 96.9 cm³/mol. The fraction of sp³-hybridized carbons (Fsp3) is 0.526. The zero-order valence-corrected chi connectivity index (χ0v) is 15.7. The molecule has 0 aliphatic carbocycles. The van der Waals surface area contributed by atoms with Crippen molar-refractivity contribution in [3.05, 3.63) is 18.2 Å². The van der Waals surface area contributed by atoms with Gasteiger partial charge in [-0.25, -0.2) is 0 Å². The lowest BCUT2D eigenvalue weighted by Crippen LogP contribution is -2.39. The van der Waals surface area contributed by atoms with Gasteiger partial charge >= 0.3 is 5.97 Å². The number of carbonyl (C=O) groups is 3. The van der Waals surface area contributed by atoms with Gasteiger partial charge in [-0.1, -0.05) is 0 Å². The van der Waals surface area contributed by atoms with Gasteiger partial charge in [0.05, 0.1) is 25.6 Å². The number of aliphatic carboxylic acids is 1. The van der Waals surface area contributed by atoms with Gasteiger partial charge in [-0.05, 0) is 25.5 Å². The summed E-state index contributed by atoms with van der Waals surface area (Å²) >= 11 is 0. The van der Waals surface area contributed by atoms with Gasteiger partial charge in [0, 0.05) is 37.8 Å². The lowest BCUT2D eigenvalue weighted by Gasteiger charge is -2.23. The summed E-state index contributed by atoms with van der Waals surface area (Å²) < 4.78 is 10.5. The van der Waals surface area contributed by atoms with E-state index in [2.05, 4.69) is 0 Å². The molecule has 1 N–H and O–H groups in total. The molecule has 8 heteroatoms. The predicted octanol–water partition coefficient (Wildman–Crippen LogP) is 1.38. The zero-order chi connectivity index (χ0) is 19.8. The molecule has 0 aromatic heterocycles. The molecule has 2 atom stereocenters. The van der Waals surface area contributed by atoms with Crippen molar-refractivity contribution in [2.24, 2.45) is 11.3 Å². The summed E-state index contributed by atoms with van der Waals surface area (Å²) in [6.07, 6.45) is 0.543. The average molecular weight is 376 g/mol. The molecule has 2 heterocycles. The number of methoxy groups -OCH3 is 2. The molecule has 2 saturated heterocycles. The van der Waals surface area contributed by atoms with E-state index in [1.54, 1.807) is 34.9 Å². The summed E-state index contributed by atoms with van der Waals surface area (Å²) in [5.74, 6) is -0.592. The molecule has 0 saturated carbocycles. The van der Waals surface area contributed by atoms with Crippen LogP contribution in [0.2, 0.25) is 0 Å². The van der Waals surface area contributed by atoms with Gasteiger partial charge < -0.3 is 24.4 Å². The van der Waals surface area contributed by atoms with Gasteiger partial charge in [-0.3, -0.25) is 14.4 Å². The van der Waals surface area contributed by atoms with Crippen LogP contribution in [0.15, 0.2) is 18.2 Å². The molecule has 2 aliphatic rings. The van der Waals surface area contributed by atoms with Crippen LogP contribution in [0.1, 0.15) is 19.8 Å². The molecule has 0 unspecified atom stereocenters. The summed E-state index contributed by atoms with van der Waals surface area (Å²) in [4.78, 5) is 39.8. The third-order valence-electron chi connectivity index (χ3n) is 5.45. The number of carboxylic acids is 1. The lowest BCUT2D eigenvalue weighted by atomic mass is 9.90. The van der Waals surface area contributed by atoms with Crippen molar-refractivity contribution < 1.29 is 29.0 Å². The minimum Gasteiger partial charge on any atom is -0.493 e. The first-order valence-electron chi connectivity index (χ1n) is 8.83. The maximum atomic E-state index is 12.8. The molecule has 0 radical (unpaired) electrons. The van der Waals surface area contributed by atoms with Crippen LogP contribution in [0.25, 0.3) is 0 Å². The molecule has 2 aliphatic heterocycles. The topological polar surface area (TPSA) is 96.4 Å². The van der Waals surface area contributed by atoms with Gasteiger partial charge in [0.15, 0.2) is 11.5 Å². The van der Waals surface area contributed by atoms with Crippen LogP contribution >= 0.6 is 0 Å². The summed E-state index contributed by atoms with van der Waals surface area (Å²) in [5, 5.41) is 9.34. The number of amides is 2. The first kappa shape index (κ1) is 19.0. The van der Waals surface area contributed by atoms with Crippen LogP contribution in [0.4, 0.5) is 5.69 Å². The third-order valence-corrected chi connectivity index (χ3v) is 5.45. The van der Waals surface area contributed by atoms with E-state index in [-0.39, 0.29) is 31.3 Å². The smallest absolute Gasteiger partial charge is 0.311 e. The summed E-state index contributed by atoms with van der Waals surface area (Å²) in [5.41, 5.74) is -0.272. The van der Waals surface area contributed by atoms with Crippen LogP contribution in [0.3, 0.4) is 0 Å². The number of hydrogen-bond acceptors (Lipinski definition) is 5. The van der Waals surface area contributed by atoms with Crippen LogP contribution in [-0.4, -0.2) is 61.6 Å². The number of benzene rings is 1. The number of likely N-dealkylation sites (tertiary alicyclic amines) is 1. The van der Waals surface area contributed by atoms with Crippen LogP contribution < -0.4 is 14.4 Å². The Morgan fingerprint density at radius 1 is 1.22 bits per heavy atom. The maximum absolute atomic E-state index is 12.8. The Labute approximate surface area is 157 Å². The molecule has 146 valence electrons. The molecule has 8 nitrogen and oxygen atoms in total. The molecule has 1 aromatic carbocycles. The van der Waals surface area contributed by atoms with E-state index in [1.807, 2.05) is 0 Å². The number of carbonyl (C=O) groups excluding carboxylic acids is 2. The molecule has 0 spiro atoms. The van der Waals surface area contributed by atoms with Gasteiger partial charge in [-0.2, -0.15) is 0 Å². The second-order valence-corrected chi connectivity index (χ2v) is 7.32. The Morgan fingerprint density at radius 2 is 1.93 bits per heavy atom. The van der Waals surface area contributed by atoms with Gasteiger partial charge in [-0.15, -0.1) is 0 Å². The van der Waals surface area contributed by atoms with E-state index >= 15 is 0 Å². The Bertz CT molecular complexity index is 779. The van der Waals surface area contributed by atoms with E-state index in [9.17, 15) is 19.5 Å². The van der Waals surface area contributed by atoms with E-state index in [0.717, 1.165) is 0 Å². The minimum absolute atomic E-state index is 0.119. The standard InChI is InChI=1S/C19H24N2O6/c1-19(18(24)25)6-7-20(11-19)17(23)12-8-16(22)21(10-12)13-4-5-14(26-2)15(9-13)27-3/h4-5,9,12H,6-8,10-11H2,1-3H3,(H,24,25)/t12-,19-/m0/s1. The van der Waals surface area contributed by atoms with Crippen LogP contribution in [-0.2, 0) is 14.4 Å². The van der Waals surface area contributed by atoms with E-state index in [1.165, 1.54) is 14.2 Å². The number of anilines is 1. The molecule has 2 amide bonds. The highest BCUT2D eigenvalue weighted by molar-refractivity contribution is 6.00. The Hall–Kier alpha value is -2.77. The highest BCUT2D eigenvalue weighted by atomic mass is 16.5. The highest BCUT2D eigenvalue weighted by Gasteiger charge is 2.45. The van der Waals surface area contributed by atoms with E-state index in [4.69, 9.17) is 9.47 Å². The molecular formula is C19H24N2O6. The third kappa shape index (κ3) is 3.43. The molecule has 1 aromatic rings. The number of rotatable bonds is 5. The summed E-state index contributed by atoms with van der Waals surface area (Å²) in [6, 6.07) is 5.18. The first-order chi connectivity index (χ1) is 12.8. The zero-order valence-electron chi connectivity index (χ0n) is 15.7. The van der Waals surface area contributed by atoms with Gasteiger partial charge in [0.25, 0.3) is 0 Å². The Kier molecular flexibility index (Phi) is 4.99. The first-order valence-corrected chi connectivity index (χ1v) is 8.83. The number of carboxylic acid groups (broad SMARTS) is 1. The van der Waals surface area contributed by atoms with E-state index in [0.29, 0.717) is 30.2 Å². The van der Waals surface area contributed by atoms with Crippen molar-refractivity contribution in [2.45, 2.75) is 19.8 Å². The fourth-order valence-corrected chi connectivity index (χ4v) is 3.70. The molecule has 2 fully saturated rings. The summed E-state index contributed by atoms with van der Waals surface area (Å²) in [6.45, 7) is 2.51. The molecular weight excluding hydrogens is 352 g/mol. The van der Waals surface area contributed by atoms with Crippen LogP contribution in [0, 0.1) is 11.3 Å². The number of ether oxygens (including phenoxy) is 2. The largest absolute Gasteiger partial charge is 0.493 e. The highest BCUT2D eigenvalue weighted by Crippen LogP contribution is 2.36. The van der Waals surface area contributed by atoms with Gasteiger partial charge in [0.2, 0.25) is 11.8 Å². The van der Waals surface area contributed by atoms with Gasteiger partial charge in [0.1, 0.15) is 0 Å². The van der Waals surface area contributed by atoms with E-state index < -0.39 is 17.3 Å². The summed E-state index contributed by atoms with van der Waals surface area (Å²) in [7, 11) is 3.06. The Balaban J connectivity index is 1.72. The normalized spacial score (nSPS) is 25.0. The molecule has 0 bridgehead atoms. The maximum Gasteiger partial charge on any atom is 0.311 e. The SMILES string of the molecule is COc1ccc(N2C[C@@H](C(=O)N3CC[C@](C)(C(=O)O)C3)CC2=O)cc1OC.